The lowest BCUT2D eigenvalue weighted by molar-refractivity contribution is -0.143. The third-order valence-corrected chi connectivity index (χ3v) is 3.86. The molecule has 0 saturated heterocycles. The van der Waals surface area contributed by atoms with E-state index in [1.54, 1.807) is 12.1 Å². The highest BCUT2D eigenvalue weighted by molar-refractivity contribution is 5.62. The van der Waals surface area contributed by atoms with Crippen molar-refractivity contribution in [1.82, 2.24) is 15.0 Å². The van der Waals surface area contributed by atoms with Gasteiger partial charge in [0.1, 0.15) is 11.6 Å². The van der Waals surface area contributed by atoms with E-state index in [2.05, 4.69) is 15.0 Å². The average Bonchev–Trinajstić information content (AvgIpc) is 2.66. The van der Waals surface area contributed by atoms with Gasteiger partial charge in [0, 0.05) is 11.1 Å². The van der Waals surface area contributed by atoms with Crippen molar-refractivity contribution < 1.29 is 31.1 Å². The number of benzene rings is 2. The predicted molar refractivity (Wildman–Crippen MR) is 90.1 cm³/mol. The molecule has 1 N–H and O–H groups in total. The number of rotatable bonds is 3. The standard InChI is InChI=1S/C18H11F6N3O2/c1-29-13-4-2-9(3-5-13)14-25-15(27-16(28)26-14)10-6-11(17(19,20)21)8-12(7-10)18(22,23)24/h2-8H,1H3,(H,25,26,27,28). The predicted octanol–water partition coefficient (Wildman–Crippen LogP) is 4.55. The number of ether oxygens (including phenoxy) is 1. The van der Waals surface area contributed by atoms with Crippen LogP contribution in [0.3, 0.4) is 0 Å². The van der Waals surface area contributed by atoms with Crippen molar-refractivity contribution in [3.63, 3.8) is 0 Å². The molecule has 5 nitrogen and oxygen atoms in total. The van der Waals surface area contributed by atoms with Gasteiger partial charge in [0.05, 0.1) is 18.2 Å². The van der Waals surface area contributed by atoms with Crippen LogP contribution in [0.25, 0.3) is 22.8 Å². The quantitative estimate of drug-likeness (QED) is 0.638. The number of halogens is 6. The number of aromatic nitrogens is 3. The van der Waals surface area contributed by atoms with Gasteiger partial charge in [-0.15, -0.1) is 0 Å². The van der Waals surface area contributed by atoms with Crippen LogP contribution >= 0.6 is 0 Å². The zero-order chi connectivity index (χ0) is 21.4. The van der Waals surface area contributed by atoms with Crippen LogP contribution in [0.15, 0.2) is 47.3 Å². The van der Waals surface area contributed by atoms with Gasteiger partial charge in [-0.3, -0.25) is 4.98 Å². The van der Waals surface area contributed by atoms with Crippen molar-refractivity contribution in [2.75, 3.05) is 7.11 Å². The normalized spacial score (nSPS) is 12.1. The SMILES string of the molecule is COc1ccc(-c2nc(-c3cc(C(F)(F)F)cc(C(F)(F)F)c3)nc(=O)[nH]2)cc1. The molecule has 0 amide bonds. The summed E-state index contributed by atoms with van der Waals surface area (Å²) in [4.78, 5) is 21.5. The molecule has 3 rings (SSSR count). The molecule has 29 heavy (non-hydrogen) atoms. The number of alkyl halides is 6. The third-order valence-electron chi connectivity index (χ3n) is 3.86. The van der Waals surface area contributed by atoms with Gasteiger partial charge in [0.15, 0.2) is 5.82 Å². The van der Waals surface area contributed by atoms with E-state index in [-0.39, 0.29) is 11.9 Å². The molecule has 0 atom stereocenters. The number of hydrogen-bond acceptors (Lipinski definition) is 4. The first-order valence-corrected chi connectivity index (χ1v) is 7.90. The fraction of sp³-hybridized carbons (Fsp3) is 0.167. The van der Waals surface area contributed by atoms with E-state index < -0.39 is 40.6 Å². The Morgan fingerprint density at radius 1 is 0.828 bits per heavy atom. The van der Waals surface area contributed by atoms with Gasteiger partial charge < -0.3 is 4.74 Å². The minimum Gasteiger partial charge on any atom is -0.497 e. The molecule has 0 spiro atoms. The first-order valence-electron chi connectivity index (χ1n) is 7.90. The van der Waals surface area contributed by atoms with Crippen LogP contribution in [0.5, 0.6) is 5.75 Å². The lowest BCUT2D eigenvalue weighted by Gasteiger charge is -2.14. The molecule has 0 aliphatic heterocycles. The molecule has 0 aliphatic rings. The molecule has 152 valence electrons. The van der Waals surface area contributed by atoms with Gasteiger partial charge >= 0.3 is 18.0 Å². The molecule has 0 fully saturated rings. The number of hydrogen-bond donors (Lipinski definition) is 1. The van der Waals surface area contributed by atoms with Crippen LogP contribution in [-0.4, -0.2) is 22.1 Å². The monoisotopic (exact) mass is 415 g/mol. The van der Waals surface area contributed by atoms with E-state index >= 15 is 0 Å². The number of methoxy groups -OCH3 is 1. The van der Waals surface area contributed by atoms with Gasteiger partial charge in [0.25, 0.3) is 0 Å². The Balaban J connectivity index is 2.17. The fourth-order valence-electron chi connectivity index (χ4n) is 2.48. The summed E-state index contributed by atoms with van der Waals surface area (Å²) in [6, 6.07) is 7.01. The number of nitrogens with zero attached hydrogens (tertiary/aromatic N) is 2. The topological polar surface area (TPSA) is 67.9 Å². The van der Waals surface area contributed by atoms with Gasteiger partial charge in [0.2, 0.25) is 0 Å². The van der Waals surface area contributed by atoms with E-state index in [0.29, 0.717) is 23.4 Å². The van der Waals surface area contributed by atoms with Crippen molar-refractivity contribution in [3.05, 3.63) is 64.1 Å². The van der Waals surface area contributed by atoms with Crippen molar-refractivity contribution in [2.24, 2.45) is 0 Å². The molecule has 3 aromatic rings. The van der Waals surface area contributed by atoms with Gasteiger partial charge in [-0.1, -0.05) is 0 Å². The van der Waals surface area contributed by atoms with Gasteiger partial charge in [-0.25, -0.2) is 9.78 Å². The molecule has 0 aliphatic carbocycles. The maximum Gasteiger partial charge on any atom is 0.416 e. The molecule has 0 saturated carbocycles. The molecule has 1 aromatic heterocycles. The minimum absolute atomic E-state index is 0.0128. The molecule has 0 unspecified atom stereocenters. The summed E-state index contributed by atoms with van der Waals surface area (Å²) in [5, 5.41) is 0. The summed E-state index contributed by atoms with van der Waals surface area (Å²) in [6.45, 7) is 0. The molecular weight excluding hydrogens is 404 g/mol. The Kier molecular flexibility index (Phi) is 5.07. The largest absolute Gasteiger partial charge is 0.497 e. The van der Waals surface area contributed by atoms with E-state index in [4.69, 9.17) is 4.74 Å². The van der Waals surface area contributed by atoms with Crippen LogP contribution in [0.4, 0.5) is 26.3 Å². The molecule has 2 aromatic carbocycles. The summed E-state index contributed by atoms with van der Waals surface area (Å²) in [5.41, 5.74) is -4.27. The second-order valence-electron chi connectivity index (χ2n) is 5.85. The van der Waals surface area contributed by atoms with Gasteiger partial charge in [-0.2, -0.15) is 31.3 Å². The number of nitrogens with one attached hydrogen (secondary N) is 1. The Labute approximate surface area is 159 Å². The Hall–Kier alpha value is -3.37. The summed E-state index contributed by atoms with van der Waals surface area (Å²) in [6.07, 6.45) is -10.1. The van der Waals surface area contributed by atoms with Crippen LogP contribution in [-0.2, 0) is 12.4 Å². The molecule has 0 radical (unpaired) electrons. The average molecular weight is 415 g/mol. The number of aromatic amines is 1. The zero-order valence-corrected chi connectivity index (χ0v) is 14.5. The van der Waals surface area contributed by atoms with Crippen LogP contribution in [0.2, 0.25) is 0 Å². The summed E-state index contributed by atoms with van der Waals surface area (Å²) in [7, 11) is 1.44. The minimum atomic E-state index is -5.03. The fourth-order valence-corrected chi connectivity index (χ4v) is 2.48. The lowest BCUT2D eigenvalue weighted by Crippen LogP contribution is -2.16. The summed E-state index contributed by atoms with van der Waals surface area (Å²) >= 11 is 0. The van der Waals surface area contributed by atoms with Crippen LogP contribution in [0.1, 0.15) is 11.1 Å². The maximum absolute atomic E-state index is 13.1. The van der Waals surface area contributed by atoms with Crippen molar-refractivity contribution in [3.8, 4) is 28.5 Å². The molecule has 1 heterocycles. The smallest absolute Gasteiger partial charge is 0.416 e. The lowest BCUT2D eigenvalue weighted by atomic mass is 10.0. The third kappa shape index (κ3) is 4.55. The Bertz CT molecular complexity index is 1060. The summed E-state index contributed by atoms with van der Waals surface area (Å²) < 4.78 is 83.3. The van der Waals surface area contributed by atoms with Crippen molar-refractivity contribution in [1.29, 1.82) is 0 Å². The number of H-pyrrole nitrogens is 1. The zero-order valence-electron chi connectivity index (χ0n) is 14.5. The Morgan fingerprint density at radius 2 is 1.38 bits per heavy atom. The summed E-state index contributed by atoms with van der Waals surface area (Å²) in [5.74, 6) is -0.150. The van der Waals surface area contributed by atoms with E-state index in [1.807, 2.05) is 0 Å². The van der Waals surface area contributed by atoms with E-state index in [1.165, 1.54) is 19.2 Å². The second-order valence-corrected chi connectivity index (χ2v) is 5.85. The van der Waals surface area contributed by atoms with Crippen LogP contribution < -0.4 is 10.4 Å². The van der Waals surface area contributed by atoms with Crippen LogP contribution in [0, 0.1) is 0 Å². The van der Waals surface area contributed by atoms with Crippen molar-refractivity contribution >= 4 is 0 Å². The first kappa shape index (κ1) is 20.4. The highest BCUT2D eigenvalue weighted by atomic mass is 19.4. The van der Waals surface area contributed by atoms with Gasteiger partial charge in [-0.05, 0) is 42.5 Å². The van der Waals surface area contributed by atoms with Crippen molar-refractivity contribution in [2.45, 2.75) is 12.4 Å². The molecular formula is C18H11F6N3O2. The molecule has 0 bridgehead atoms. The first-order chi connectivity index (χ1) is 13.5. The highest BCUT2D eigenvalue weighted by Gasteiger charge is 2.37. The highest BCUT2D eigenvalue weighted by Crippen LogP contribution is 2.38. The van der Waals surface area contributed by atoms with E-state index in [9.17, 15) is 31.1 Å². The molecule has 11 heteroatoms. The second kappa shape index (κ2) is 7.22. The maximum atomic E-state index is 13.1. The van der Waals surface area contributed by atoms with E-state index in [0.717, 1.165) is 0 Å². The Morgan fingerprint density at radius 3 is 1.86 bits per heavy atom.